The van der Waals surface area contributed by atoms with Crippen LogP contribution in [-0.2, 0) is 17.5 Å². The van der Waals surface area contributed by atoms with E-state index in [2.05, 4.69) is 0 Å². The molecule has 0 amide bonds. The molecule has 0 spiro atoms. The number of rotatable bonds is 2. The number of carbonyl (C=O) groups is 1. The summed E-state index contributed by atoms with van der Waals surface area (Å²) in [7, 11) is 0. The Morgan fingerprint density at radius 1 is 1.53 bits per heavy atom. The number of carboxylic acids is 1. The van der Waals surface area contributed by atoms with Gasteiger partial charge >= 0.3 is 12.1 Å². The van der Waals surface area contributed by atoms with Gasteiger partial charge in [-0.1, -0.05) is 11.6 Å². The minimum absolute atomic E-state index is 0.0212. The van der Waals surface area contributed by atoms with Gasteiger partial charge in [-0.25, -0.2) is 0 Å². The molecule has 0 fully saturated rings. The van der Waals surface area contributed by atoms with Crippen molar-refractivity contribution in [1.29, 1.82) is 0 Å². The molecule has 0 atom stereocenters. The number of halogens is 4. The molecule has 94 valence electrons. The summed E-state index contributed by atoms with van der Waals surface area (Å²) in [6.45, 7) is 0.404. The lowest BCUT2D eigenvalue weighted by Crippen LogP contribution is -2.32. The van der Waals surface area contributed by atoms with Crippen LogP contribution in [0.5, 0.6) is 0 Å². The molecule has 0 aromatic carbocycles. The average Bonchev–Trinajstić information content (AvgIpc) is 2.16. The number of aromatic nitrogens is 1. The molecule has 8 heteroatoms. The van der Waals surface area contributed by atoms with E-state index in [-0.39, 0.29) is 10.7 Å². The molecule has 0 aliphatic carbocycles. The Bertz CT molecular complexity index is 521. The van der Waals surface area contributed by atoms with Gasteiger partial charge in [0.25, 0.3) is 5.56 Å². The molecule has 0 unspecified atom stereocenters. The van der Waals surface area contributed by atoms with Gasteiger partial charge in [0.1, 0.15) is 12.1 Å². The highest BCUT2D eigenvalue weighted by atomic mass is 35.5. The van der Waals surface area contributed by atoms with Crippen LogP contribution in [-0.4, -0.2) is 15.6 Å². The molecule has 1 heterocycles. The predicted molar refractivity (Wildman–Crippen MR) is 53.1 cm³/mol. The van der Waals surface area contributed by atoms with Gasteiger partial charge in [-0.05, 0) is 13.0 Å². The van der Waals surface area contributed by atoms with Crippen LogP contribution >= 0.6 is 11.6 Å². The standard InChI is InChI=1S/C9H7ClF3NO3/c1-4-6(10)2-5(9(11,12)13)8(17)14(4)3-7(15)16/h2H,3H2,1H3,(H,15,16). The van der Waals surface area contributed by atoms with Gasteiger partial charge in [0.05, 0.1) is 5.02 Å². The summed E-state index contributed by atoms with van der Waals surface area (Å²) in [6, 6.07) is 0.498. The van der Waals surface area contributed by atoms with Gasteiger partial charge in [0, 0.05) is 5.69 Å². The largest absolute Gasteiger partial charge is 0.480 e. The number of hydrogen-bond acceptors (Lipinski definition) is 2. The van der Waals surface area contributed by atoms with Gasteiger partial charge in [-0.2, -0.15) is 13.2 Å². The second kappa shape index (κ2) is 4.40. The summed E-state index contributed by atoms with van der Waals surface area (Å²) in [5.41, 5.74) is -2.91. The molecule has 4 nitrogen and oxygen atoms in total. The zero-order valence-electron chi connectivity index (χ0n) is 8.51. The van der Waals surface area contributed by atoms with Crippen molar-refractivity contribution in [3.8, 4) is 0 Å². The highest BCUT2D eigenvalue weighted by molar-refractivity contribution is 6.31. The fourth-order valence-electron chi connectivity index (χ4n) is 1.25. The van der Waals surface area contributed by atoms with E-state index in [9.17, 15) is 22.8 Å². The summed E-state index contributed by atoms with van der Waals surface area (Å²) in [4.78, 5) is 21.9. The number of nitrogens with zero attached hydrogens (tertiary/aromatic N) is 1. The molecule has 1 aromatic heterocycles. The maximum atomic E-state index is 12.5. The lowest BCUT2D eigenvalue weighted by Gasteiger charge is -2.13. The Morgan fingerprint density at radius 2 is 2.06 bits per heavy atom. The molecule has 0 aliphatic rings. The first-order chi connectivity index (χ1) is 7.64. The Kier molecular flexibility index (Phi) is 3.51. The molecular formula is C9H7ClF3NO3. The Balaban J connectivity index is 3.54. The van der Waals surface area contributed by atoms with Crippen LogP contribution in [0.1, 0.15) is 11.3 Å². The molecular weight excluding hydrogens is 263 g/mol. The van der Waals surface area contributed by atoms with E-state index in [1.165, 1.54) is 6.92 Å². The number of aliphatic carboxylic acids is 1. The first-order valence-corrected chi connectivity index (χ1v) is 4.71. The van der Waals surface area contributed by atoms with E-state index < -0.39 is 29.8 Å². The first-order valence-electron chi connectivity index (χ1n) is 4.33. The number of hydrogen-bond donors (Lipinski definition) is 1. The summed E-state index contributed by atoms with van der Waals surface area (Å²) in [5.74, 6) is -1.43. The van der Waals surface area contributed by atoms with E-state index >= 15 is 0 Å². The molecule has 0 radical (unpaired) electrons. The molecule has 0 saturated carbocycles. The van der Waals surface area contributed by atoms with Crippen molar-refractivity contribution >= 4 is 17.6 Å². The van der Waals surface area contributed by atoms with Gasteiger partial charge in [-0.15, -0.1) is 0 Å². The lowest BCUT2D eigenvalue weighted by molar-refractivity contribution is -0.141. The fourth-order valence-corrected chi connectivity index (χ4v) is 1.46. The van der Waals surface area contributed by atoms with Gasteiger partial charge < -0.3 is 5.11 Å². The minimum Gasteiger partial charge on any atom is -0.480 e. The second-order valence-electron chi connectivity index (χ2n) is 3.27. The van der Waals surface area contributed by atoms with Crippen LogP contribution in [0, 0.1) is 6.92 Å². The van der Waals surface area contributed by atoms with Crippen molar-refractivity contribution < 1.29 is 23.1 Å². The summed E-state index contributed by atoms with van der Waals surface area (Å²) in [6.07, 6.45) is -4.87. The predicted octanol–water partition coefficient (Wildman–Crippen LogP) is 1.91. The van der Waals surface area contributed by atoms with Crippen molar-refractivity contribution in [1.82, 2.24) is 4.57 Å². The second-order valence-corrected chi connectivity index (χ2v) is 3.68. The zero-order chi connectivity index (χ0) is 13.4. The normalized spacial score (nSPS) is 11.6. The van der Waals surface area contributed by atoms with E-state index in [0.29, 0.717) is 10.6 Å². The maximum Gasteiger partial charge on any atom is 0.421 e. The van der Waals surface area contributed by atoms with Gasteiger partial charge in [-0.3, -0.25) is 14.2 Å². The fraction of sp³-hybridized carbons (Fsp3) is 0.333. The van der Waals surface area contributed by atoms with Crippen molar-refractivity contribution in [3.63, 3.8) is 0 Å². The van der Waals surface area contributed by atoms with Crippen molar-refractivity contribution in [2.24, 2.45) is 0 Å². The van der Waals surface area contributed by atoms with E-state index in [0.717, 1.165) is 0 Å². The van der Waals surface area contributed by atoms with Crippen LogP contribution in [0.25, 0.3) is 0 Å². The van der Waals surface area contributed by atoms with Crippen LogP contribution in [0.15, 0.2) is 10.9 Å². The molecule has 0 bridgehead atoms. The van der Waals surface area contributed by atoms with Crippen LogP contribution < -0.4 is 5.56 Å². The number of pyridine rings is 1. The van der Waals surface area contributed by atoms with E-state index in [1.54, 1.807) is 0 Å². The summed E-state index contributed by atoms with van der Waals surface area (Å²) >= 11 is 5.53. The van der Waals surface area contributed by atoms with E-state index in [1.807, 2.05) is 0 Å². The molecule has 1 rings (SSSR count). The number of carboxylic acid groups (broad SMARTS) is 1. The van der Waals surface area contributed by atoms with Crippen LogP contribution in [0.2, 0.25) is 5.02 Å². The lowest BCUT2D eigenvalue weighted by atomic mass is 10.2. The monoisotopic (exact) mass is 269 g/mol. The smallest absolute Gasteiger partial charge is 0.421 e. The summed E-state index contributed by atoms with van der Waals surface area (Å²) in [5, 5.41) is 8.21. The average molecular weight is 270 g/mol. The van der Waals surface area contributed by atoms with Crippen LogP contribution in [0.3, 0.4) is 0 Å². The quantitative estimate of drug-likeness (QED) is 0.892. The van der Waals surface area contributed by atoms with Crippen LogP contribution in [0.4, 0.5) is 13.2 Å². The van der Waals surface area contributed by atoms with E-state index in [4.69, 9.17) is 16.7 Å². The maximum absolute atomic E-state index is 12.5. The zero-order valence-corrected chi connectivity index (χ0v) is 9.26. The Morgan fingerprint density at radius 3 is 2.47 bits per heavy atom. The first kappa shape index (κ1) is 13.6. The molecule has 1 N–H and O–H groups in total. The highest BCUT2D eigenvalue weighted by Crippen LogP contribution is 2.29. The molecule has 17 heavy (non-hydrogen) atoms. The molecule has 1 aromatic rings. The Labute approximate surface area is 98.2 Å². The summed E-state index contributed by atoms with van der Waals surface area (Å²) < 4.78 is 37.9. The molecule has 0 aliphatic heterocycles. The third-order valence-electron chi connectivity index (χ3n) is 2.10. The SMILES string of the molecule is Cc1c(Cl)cc(C(F)(F)F)c(=O)n1CC(=O)O. The third kappa shape index (κ3) is 2.79. The van der Waals surface area contributed by atoms with Crippen molar-refractivity contribution in [2.75, 3.05) is 0 Å². The molecule has 0 saturated heterocycles. The van der Waals surface area contributed by atoms with Gasteiger partial charge in [0.15, 0.2) is 0 Å². The van der Waals surface area contributed by atoms with Gasteiger partial charge in [0.2, 0.25) is 0 Å². The minimum atomic E-state index is -4.87. The topological polar surface area (TPSA) is 59.3 Å². The third-order valence-corrected chi connectivity index (χ3v) is 2.48. The van der Waals surface area contributed by atoms with Crippen molar-refractivity contribution in [2.45, 2.75) is 19.6 Å². The number of alkyl halides is 3. The Hall–Kier alpha value is -1.50. The van der Waals surface area contributed by atoms with Crippen molar-refractivity contribution in [3.05, 3.63) is 32.7 Å². The highest BCUT2D eigenvalue weighted by Gasteiger charge is 2.35.